The van der Waals surface area contributed by atoms with Gasteiger partial charge in [0.1, 0.15) is 12.6 Å². The fraction of sp³-hybridized carbons (Fsp3) is 0.200. The van der Waals surface area contributed by atoms with Gasteiger partial charge in [0, 0.05) is 10.2 Å². The number of hydrogen-bond acceptors (Lipinski definition) is 4. The molecule has 0 saturated heterocycles. The van der Waals surface area contributed by atoms with Gasteiger partial charge in [-0.25, -0.2) is 0 Å². The SMILES string of the molecule is COC(=O)CNc1ccc(C#N)c(Br)c1. The van der Waals surface area contributed by atoms with Crippen molar-refractivity contribution < 1.29 is 9.53 Å². The Morgan fingerprint density at radius 2 is 2.40 bits per heavy atom. The van der Waals surface area contributed by atoms with Crippen LogP contribution in [0.25, 0.3) is 0 Å². The lowest BCUT2D eigenvalue weighted by molar-refractivity contribution is -0.138. The molecule has 1 aromatic carbocycles. The van der Waals surface area contributed by atoms with Gasteiger partial charge in [-0.2, -0.15) is 5.26 Å². The number of carbonyl (C=O) groups excluding carboxylic acids is 1. The number of benzene rings is 1. The highest BCUT2D eigenvalue weighted by molar-refractivity contribution is 9.10. The van der Waals surface area contributed by atoms with Crippen molar-refractivity contribution in [2.45, 2.75) is 0 Å². The summed E-state index contributed by atoms with van der Waals surface area (Å²) in [6.07, 6.45) is 0. The highest BCUT2D eigenvalue weighted by Crippen LogP contribution is 2.20. The standard InChI is InChI=1S/C10H9BrN2O2/c1-15-10(14)6-13-8-3-2-7(5-12)9(11)4-8/h2-4,13H,6H2,1H3. The van der Waals surface area contributed by atoms with Crippen molar-refractivity contribution in [3.8, 4) is 6.07 Å². The molecule has 0 heterocycles. The predicted molar refractivity (Wildman–Crippen MR) is 59.4 cm³/mol. The molecule has 0 atom stereocenters. The highest BCUT2D eigenvalue weighted by Gasteiger charge is 2.02. The molecule has 0 saturated carbocycles. The Kier molecular flexibility index (Phi) is 4.13. The van der Waals surface area contributed by atoms with Crippen LogP contribution in [0.4, 0.5) is 5.69 Å². The molecule has 78 valence electrons. The second-order valence-electron chi connectivity index (χ2n) is 2.74. The van der Waals surface area contributed by atoms with Gasteiger partial charge in [-0.05, 0) is 34.1 Å². The summed E-state index contributed by atoms with van der Waals surface area (Å²) in [6.45, 7) is 0.106. The van der Waals surface area contributed by atoms with Crippen molar-refractivity contribution in [1.29, 1.82) is 5.26 Å². The van der Waals surface area contributed by atoms with Crippen LogP contribution in [0.15, 0.2) is 22.7 Å². The first kappa shape index (κ1) is 11.5. The second-order valence-corrected chi connectivity index (χ2v) is 3.59. The zero-order chi connectivity index (χ0) is 11.3. The fourth-order valence-corrected chi connectivity index (χ4v) is 1.43. The van der Waals surface area contributed by atoms with Crippen molar-refractivity contribution >= 4 is 27.6 Å². The molecule has 4 nitrogen and oxygen atoms in total. The van der Waals surface area contributed by atoms with Gasteiger partial charge < -0.3 is 10.1 Å². The highest BCUT2D eigenvalue weighted by atomic mass is 79.9. The molecular formula is C10H9BrN2O2. The van der Waals surface area contributed by atoms with E-state index < -0.39 is 0 Å². The van der Waals surface area contributed by atoms with Crippen LogP contribution in [0.5, 0.6) is 0 Å². The first-order valence-electron chi connectivity index (χ1n) is 4.17. The molecule has 0 bridgehead atoms. The Morgan fingerprint density at radius 3 is 2.93 bits per heavy atom. The summed E-state index contributed by atoms with van der Waals surface area (Å²) in [6, 6.07) is 7.17. The maximum Gasteiger partial charge on any atom is 0.325 e. The molecule has 0 spiro atoms. The van der Waals surface area contributed by atoms with Crippen LogP contribution < -0.4 is 5.32 Å². The number of nitrogens with zero attached hydrogens (tertiary/aromatic N) is 1. The van der Waals surface area contributed by atoms with Gasteiger partial charge in [-0.15, -0.1) is 0 Å². The van der Waals surface area contributed by atoms with E-state index >= 15 is 0 Å². The molecule has 0 aromatic heterocycles. The van der Waals surface area contributed by atoms with Crippen molar-refractivity contribution in [1.82, 2.24) is 0 Å². The second kappa shape index (κ2) is 5.37. The summed E-state index contributed by atoms with van der Waals surface area (Å²) in [4.78, 5) is 10.8. The van der Waals surface area contributed by atoms with Crippen LogP contribution >= 0.6 is 15.9 Å². The first-order valence-corrected chi connectivity index (χ1v) is 4.97. The van der Waals surface area contributed by atoms with E-state index in [1.54, 1.807) is 18.2 Å². The van der Waals surface area contributed by atoms with Crippen LogP contribution in [0.3, 0.4) is 0 Å². The van der Waals surface area contributed by atoms with Crippen LogP contribution in [-0.2, 0) is 9.53 Å². The van der Waals surface area contributed by atoms with Gasteiger partial charge in [0.25, 0.3) is 0 Å². The lowest BCUT2D eigenvalue weighted by atomic mass is 10.2. The van der Waals surface area contributed by atoms with Crippen LogP contribution in [0, 0.1) is 11.3 Å². The fourth-order valence-electron chi connectivity index (χ4n) is 0.962. The van der Waals surface area contributed by atoms with Crippen molar-refractivity contribution in [3.05, 3.63) is 28.2 Å². The van der Waals surface area contributed by atoms with Gasteiger partial charge in [-0.1, -0.05) is 0 Å². The molecule has 0 fully saturated rings. The largest absolute Gasteiger partial charge is 0.468 e. The number of ether oxygens (including phenoxy) is 1. The Balaban J connectivity index is 2.68. The molecular weight excluding hydrogens is 260 g/mol. The summed E-state index contributed by atoms with van der Waals surface area (Å²) < 4.78 is 5.18. The van der Waals surface area contributed by atoms with Gasteiger partial charge in [0.05, 0.1) is 12.7 Å². The predicted octanol–water partition coefficient (Wildman–Crippen LogP) is 1.91. The minimum absolute atomic E-state index is 0.106. The summed E-state index contributed by atoms with van der Waals surface area (Å²) in [7, 11) is 1.33. The third-order valence-corrected chi connectivity index (χ3v) is 2.41. The van der Waals surface area contributed by atoms with E-state index in [1.165, 1.54) is 7.11 Å². The van der Waals surface area contributed by atoms with Crippen molar-refractivity contribution in [3.63, 3.8) is 0 Å². The lowest BCUT2D eigenvalue weighted by Gasteiger charge is -2.05. The van der Waals surface area contributed by atoms with Gasteiger partial charge >= 0.3 is 5.97 Å². The Hall–Kier alpha value is -1.54. The van der Waals surface area contributed by atoms with Gasteiger partial charge in [0.15, 0.2) is 0 Å². The van der Waals surface area contributed by atoms with Crippen LogP contribution in [-0.4, -0.2) is 19.6 Å². The van der Waals surface area contributed by atoms with E-state index in [4.69, 9.17) is 5.26 Å². The average molecular weight is 269 g/mol. The van der Waals surface area contributed by atoms with E-state index in [0.29, 0.717) is 10.0 Å². The number of nitrogens with one attached hydrogen (secondary N) is 1. The topological polar surface area (TPSA) is 62.1 Å². The quantitative estimate of drug-likeness (QED) is 0.851. The number of methoxy groups -OCH3 is 1. The first-order chi connectivity index (χ1) is 7.17. The molecule has 0 aliphatic rings. The lowest BCUT2D eigenvalue weighted by Crippen LogP contribution is -2.14. The molecule has 0 unspecified atom stereocenters. The van der Waals surface area contributed by atoms with Gasteiger partial charge in [-0.3, -0.25) is 4.79 Å². The molecule has 1 rings (SSSR count). The van der Waals surface area contributed by atoms with Crippen molar-refractivity contribution in [2.75, 3.05) is 19.0 Å². The van der Waals surface area contributed by atoms with E-state index in [2.05, 4.69) is 26.0 Å². The normalized spacial score (nSPS) is 9.13. The summed E-state index contributed by atoms with van der Waals surface area (Å²) in [5.74, 6) is -0.338. The average Bonchev–Trinajstić information content (AvgIpc) is 2.26. The molecule has 15 heavy (non-hydrogen) atoms. The smallest absolute Gasteiger partial charge is 0.325 e. The number of halogens is 1. The monoisotopic (exact) mass is 268 g/mol. The summed E-state index contributed by atoms with van der Waals surface area (Å²) in [5, 5.41) is 11.6. The van der Waals surface area contributed by atoms with Crippen molar-refractivity contribution in [2.24, 2.45) is 0 Å². The zero-order valence-corrected chi connectivity index (χ0v) is 9.67. The minimum atomic E-state index is -0.338. The number of carbonyl (C=O) groups is 1. The Morgan fingerprint density at radius 1 is 1.67 bits per heavy atom. The molecule has 0 aliphatic carbocycles. The van der Waals surface area contributed by atoms with Gasteiger partial charge in [0.2, 0.25) is 0 Å². The molecule has 1 aromatic rings. The minimum Gasteiger partial charge on any atom is -0.468 e. The van der Waals surface area contributed by atoms with E-state index in [0.717, 1.165) is 5.69 Å². The number of rotatable bonds is 3. The third-order valence-electron chi connectivity index (χ3n) is 1.75. The summed E-state index contributed by atoms with van der Waals surface area (Å²) in [5.41, 5.74) is 1.31. The Labute approximate surface area is 96.0 Å². The van der Waals surface area contributed by atoms with E-state index in [-0.39, 0.29) is 12.5 Å². The van der Waals surface area contributed by atoms with Crippen LogP contribution in [0.1, 0.15) is 5.56 Å². The molecule has 0 radical (unpaired) electrons. The zero-order valence-electron chi connectivity index (χ0n) is 8.08. The third kappa shape index (κ3) is 3.26. The number of esters is 1. The summed E-state index contributed by atoms with van der Waals surface area (Å²) >= 11 is 3.25. The molecule has 0 aliphatic heterocycles. The number of nitriles is 1. The van der Waals surface area contributed by atoms with Crippen LogP contribution in [0.2, 0.25) is 0 Å². The maximum absolute atomic E-state index is 10.8. The van der Waals surface area contributed by atoms with E-state index in [9.17, 15) is 4.79 Å². The maximum atomic E-state index is 10.8. The molecule has 1 N–H and O–H groups in total. The Bertz CT molecular complexity index is 412. The molecule has 5 heteroatoms. The van der Waals surface area contributed by atoms with E-state index in [1.807, 2.05) is 6.07 Å². The number of anilines is 1. The number of hydrogen-bond donors (Lipinski definition) is 1. The molecule has 0 amide bonds.